The van der Waals surface area contributed by atoms with E-state index in [0.29, 0.717) is 5.56 Å². The zero-order valence-electron chi connectivity index (χ0n) is 11.9. The fourth-order valence-corrected chi connectivity index (χ4v) is 2.75. The van der Waals surface area contributed by atoms with E-state index in [0.717, 1.165) is 31.4 Å². The van der Waals surface area contributed by atoms with Gasteiger partial charge in [0.15, 0.2) is 0 Å². The van der Waals surface area contributed by atoms with Crippen molar-refractivity contribution in [2.24, 2.45) is 5.73 Å². The van der Waals surface area contributed by atoms with Gasteiger partial charge >= 0.3 is 0 Å². The number of hydrogen-bond donors (Lipinski definition) is 2. The molecule has 1 aromatic carbocycles. The van der Waals surface area contributed by atoms with E-state index < -0.39 is 0 Å². The van der Waals surface area contributed by atoms with Crippen LogP contribution in [0.4, 0.5) is 0 Å². The lowest BCUT2D eigenvalue weighted by Crippen LogP contribution is -2.49. The Morgan fingerprint density at radius 2 is 2.00 bits per heavy atom. The molecule has 110 valence electrons. The Morgan fingerprint density at radius 1 is 1.24 bits per heavy atom. The highest BCUT2D eigenvalue weighted by molar-refractivity contribution is 5.94. The molecule has 5 heteroatoms. The monoisotopic (exact) mass is 284 g/mol. The van der Waals surface area contributed by atoms with E-state index in [9.17, 15) is 4.79 Å². The second-order valence-corrected chi connectivity index (χ2v) is 5.54. The van der Waals surface area contributed by atoms with Crippen LogP contribution in [0.5, 0.6) is 0 Å². The number of carbonyl (C=O) groups is 1. The van der Waals surface area contributed by atoms with Gasteiger partial charge in [0.05, 0.1) is 17.4 Å². The third kappa shape index (κ3) is 3.13. The summed E-state index contributed by atoms with van der Waals surface area (Å²) in [4.78, 5) is 12.3. The lowest BCUT2D eigenvalue weighted by molar-refractivity contribution is 0.0921. The minimum atomic E-state index is -0.0977. The number of nitrogens with zero attached hydrogens (tertiary/aromatic N) is 2. The van der Waals surface area contributed by atoms with E-state index in [1.54, 1.807) is 17.1 Å². The second-order valence-electron chi connectivity index (χ2n) is 5.54. The third-order valence-corrected chi connectivity index (χ3v) is 4.00. The van der Waals surface area contributed by atoms with Gasteiger partial charge in [-0.25, -0.2) is 4.68 Å². The van der Waals surface area contributed by atoms with E-state index >= 15 is 0 Å². The lowest BCUT2D eigenvalue weighted by Gasteiger charge is -2.29. The highest BCUT2D eigenvalue weighted by Gasteiger charge is 2.24. The molecule has 1 amide bonds. The molecule has 0 aliphatic heterocycles. The van der Waals surface area contributed by atoms with Crippen LogP contribution >= 0.6 is 0 Å². The molecule has 1 aliphatic carbocycles. The predicted octanol–water partition coefficient (Wildman–Crippen LogP) is 1.87. The first-order chi connectivity index (χ1) is 10.2. The fourth-order valence-electron chi connectivity index (χ4n) is 2.75. The van der Waals surface area contributed by atoms with E-state index in [-0.39, 0.29) is 18.0 Å². The number of rotatable bonds is 3. The summed E-state index contributed by atoms with van der Waals surface area (Å²) in [5.41, 5.74) is 7.57. The van der Waals surface area contributed by atoms with Gasteiger partial charge < -0.3 is 11.1 Å². The molecule has 1 aliphatic rings. The summed E-state index contributed by atoms with van der Waals surface area (Å²) in [6.07, 6.45) is 7.56. The quantitative estimate of drug-likeness (QED) is 0.903. The van der Waals surface area contributed by atoms with Crippen molar-refractivity contribution in [3.8, 4) is 5.69 Å². The minimum Gasteiger partial charge on any atom is -0.348 e. The molecule has 21 heavy (non-hydrogen) atoms. The summed E-state index contributed by atoms with van der Waals surface area (Å²) < 4.78 is 1.70. The summed E-state index contributed by atoms with van der Waals surface area (Å²) in [6, 6.07) is 9.87. The molecule has 0 bridgehead atoms. The molecular weight excluding hydrogens is 264 g/mol. The van der Waals surface area contributed by atoms with Crippen LogP contribution in [0.15, 0.2) is 42.7 Å². The molecule has 5 nitrogen and oxygen atoms in total. The van der Waals surface area contributed by atoms with Crippen molar-refractivity contribution in [3.63, 3.8) is 0 Å². The first kappa shape index (κ1) is 13.8. The van der Waals surface area contributed by atoms with Gasteiger partial charge in [0.1, 0.15) is 0 Å². The number of aromatic nitrogens is 2. The van der Waals surface area contributed by atoms with Crippen LogP contribution in [0.1, 0.15) is 36.0 Å². The Bertz CT molecular complexity index is 608. The number of nitrogens with two attached hydrogens (primary N) is 1. The average molecular weight is 284 g/mol. The van der Waals surface area contributed by atoms with Gasteiger partial charge in [-0.15, -0.1) is 0 Å². The van der Waals surface area contributed by atoms with Gasteiger partial charge in [0.2, 0.25) is 0 Å². The average Bonchev–Trinajstić information content (AvgIpc) is 3.00. The van der Waals surface area contributed by atoms with Gasteiger partial charge in [0, 0.05) is 18.3 Å². The lowest BCUT2D eigenvalue weighted by atomic mass is 9.91. The predicted molar refractivity (Wildman–Crippen MR) is 81.3 cm³/mol. The van der Waals surface area contributed by atoms with E-state index in [1.807, 2.05) is 30.3 Å². The minimum absolute atomic E-state index is 0.0619. The molecule has 3 rings (SSSR count). The summed E-state index contributed by atoms with van der Waals surface area (Å²) in [6.45, 7) is 0. The highest BCUT2D eigenvalue weighted by Crippen LogP contribution is 2.17. The van der Waals surface area contributed by atoms with Crippen LogP contribution in [0.3, 0.4) is 0 Å². The Hall–Kier alpha value is -2.14. The fraction of sp³-hybridized carbons (Fsp3) is 0.375. The van der Waals surface area contributed by atoms with Crippen LogP contribution in [0, 0.1) is 0 Å². The molecule has 0 radical (unpaired) electrons. The van der Waals surface area contributed by atoms with Crippen molar-refractivity contribution in [2.45, 2.75) is 37.8 Å². The smallest absolute Gasteiger partial charge is 0.254 e. The molecule has 0 spiro atoms. The van der Waals surface area contributed by atoms with Crippen LogP contribution in [-0.2, 0) is 0 Å². The zero-order valence-corrected chi connectivity index (χ0v) is 11.9. The number of carbonyl (C=O) groups excluding carboxylic acids is 1. The van der Waals surface area contributed by atoms with Crippen molar-refractivity contribution < 1.29 is 4.79 Å². The van der Waals surface area contributed by atoms with Crippen molar-refractivity contribution in [2.75, 3.05) is 0 Å². The normalized spacial score (nSPS) is 22.0. The SMILES string of the molecule is N[C@@H]1CCCC[C@H]1NC(=O)c1cnn(-c2ccccc2)c1. The maximum atomic E-state index is 12.3. The van der Waals surface area contributed by atoms with Gasteiger partial charge in [-0.05, 0) is 25.0 Å². The molecule has 3 N–H and O–H groups in total. The number of benzene rings is 1. The first-order valence-corrected chi connectivity index (χ1v) is 7.40. The van der Waals surface area contributed by atoms with Crippen LogP contribution in [0.2, 0.25) is 0 Å². The maximum absolute atomic E-state index is 12.3. The number of nitrogens with one attached hydrogen (secondary N) is 1. The Kier molecular flexibility index (Phi) is 4.01. The summed E-state index contributed by atoms with van der Waals surface area (Å²) >= 11 is 0. The van der Waals surface area contributed by atoms with Gasteiger partial charge in [-0.2, -0.15) is 5.10 Å². The molecule has 0 saturated heterocycles. The van der Waals surface area contributed by atoms with E-state index in [4.69, 9.17) is 5.73 Å². The highest BCUT2D eigenvalue weighted by atomic mass is 16.1. The standard InChI is InChI=1S/C16H20N4O/c17-14-8-4-5-9-15(14)19-16(21)12-10-18-20(11-12)13-6-2-1-3-7-13/h1-3,6-7,10-11,14-15H,4-5,8-9,17H2,(H,19,21)/t14-,15-/m1/s1. The molecule has 2 aromatic rings. The van der Waals surface area contributed by atoms with Gasteiger partial charge in [0.25, 0.3) is 5.91 Å². The number of para-hydroxylation sites is 1. The summed E-state index contributed by atoms with van der Waals surface area (Å²) in [5, 5.41) is 7.28. The van der Waals surface area contributed by atoms with E-state index in [1.165, 1.54) is 0 Å². The van der Waals surface area contributed by atoms with Gasteiger partial charge in [-0.1, -0.05) is 31.0 Å². The Balaban J connectivity index is 1.69. The zero-order chi connectivity index (χ0) is 14.7. The maximum Gasteiger partial charge on any atom is 0.254 e. The van der Waals surface area contributed by atoms with Crippen molar-refractivity contribution in [1.29, 1.82) is 0 Å². The van der Waals surface area contributed by atoms with Crippen LogP contribution in [0.25, 0.3) is 5.69 Å². The number of amides is 1. The summed E-state index contributed by atoms with van der Waals surface area (Å²) in [7, 11) is 0. The molecule has 0 unspecified atom stereocenters. The summed E-state index contributed by atoms with van der Waals surface area (Å²) in [5.74, 6) is -0.0977. The second kappa shape index (κ2) is 6.10. The van der Waals surface area contributed by atoms with Crippen LogP contribution in [-0.4, -0.2) is 27.8 Å². The largest absolute Gasteiger partial charge is 0.348 e. The molecule has 1 fully saturated rings. The van der Waals surface area contributed by atoms with Crippen molar-refractivity contribution in [1.82, 2.24) is 15.1 Å². The van der Waals surface area contributed by atoms with Crippen molar-refractivity contribution in [3.05, 3.63) is 48.3 Å². The van der Waals surface area contributed by atoms with E-state index in [2.05, 4.69) is 10.4 Å². The molecule has 1 saturated carbocycles. The van der Waals surface area contributed by atoms with Crippen molar-refractivity contribution >= 4 is 5.91 Å². The number of hydrogen-bond acceptors (Lipinski definition) is 3. The topological polar surface area (TPSA) is 72.9 Å². The molecule has 1 aromatic heterocycles. The Morgan fingerprint density at radius 3 is 2.76 bits per heavy atom. The Labute approximate surface area is 124 Å². The third-order valence-electron chi connectivity index (χ3n) is 4.00. The molecule has 1 heterocycles. The van der Waals surface area contributed by atoms with Gasteiger partial charge in [-0.3, -0.25) is 4.79 Å². The molecule has 2 atom stereocenters. The first-order valence-electron chi connectivity index (χ1n) is 7.40. The molecular formula is C16H20N4O. The van der Waals surface area contributed by atoms with Crippen LogP contribution < -0.4 is 11.1 Å².